The van der Waals surface area contributed by atoms with Crippen LogP contribution in [0.2, 0.25) is 0 Å². The van der Waals surface area contributed by atoms with Crippen molar-refractivity contribution in [3.8, 4) is 17.5 Å². The Kier molecular flexibility index (Phi) is 5.32. The zero-order chi connectivity index (χ0) is 20.1. The minimum atomic E-state index is -0.680. The number of hydrogen-bond donors (Lipinski definition) is 1. The first kappa shape index (κ1) is 18.6. The molecule has 0 radical (unpaired) electrons. The third kappa shape index (κ3) is 3.52. The van der Waals surface area contributed by atoms with Gasteiger partial charge in [-0.15, -0.1) is 0 Å². The normalized spacial score (nSPS) is 10.6. The molecule has 0 bridgehead atoms. The number of nitriles is 1. The highest BCUT2D eigenvalue weighted by Gasteiger charge is 2.21. The van der Waals surface area contributed by atoms with E-state index >= 15 is 0 Å². The van der Waals surface area contributed by atoms with Crippen molar-refractivity contribution < 1.29 is 13.9 Å². The molecule has 0 saturated carbocycles. The fourth-order valence-corrected chi connectivity index (χ4v) is 2.49. The summed E-state index contributed by atoms with van der Waals surface area (Å²) in [6, 6.07) is 11.8. The summed E-state index contributed by atoms with van der Waals surface area (Å²) in [4.78, 5) is 25.2. The van der Waals surface area contributed by atoms with Crippen LogP contribution < -0.4 is 15.7 Å². The highest BCUT2D eigenvalue weighted by atomic mass is 16.5. The second kappa shape index (κ2) is 8.01. The first-order valence-electron chi connectivity index (χ1n) is 8.11. The van der Waals surface area contributed by atoms with Crippen LogP contribution in [-0.2, 0) is 0 Å². The number of para-hydroxylation sites is 2. The van der Waals surface area contributed by atoms with E-state index in [1.54, 1.807) is 36.4 Å². The van der Waals surface area contributed by atoms with Crippen LogP contribution in [0.15, 0.2) is 57.0 Å². The van der Waals surface area contributed by atoms with Gasteiger partial charge in [-0.3, -0.25) is 9.59 Å². The molecule has 2 aromatic heterocycles. The van der Waals surface area contributed by atoms with Gasteiger partial charge in [0, 0.05) is 5.56 Å². The number of methoxy groups -OCH3 is 1. The van der Waals surface area contributed by atoms with Gasteiger partial charge in [0.05, 0.1) is 19.6 Å². The van der Waals surface area contributed by atoms with Crippen LogP contribution in [0.5, 0.6) is 5.75 Å². The van der Waals surface area contributed by atoms with Gasteiger partial charge in [-0.1, -0.05) is 12.1 Å². The minimum absolute atomic E-state index is 0.112. The number of rotatable bonds is 5. The number of ether oxygens (including phenoxy) is 1. The number of nitrogens with zero attached hydrogens (tertiary/aromatic N) is 4. The zero-order valence-corrected chi connectivity index (χ0v) is 15.0. The second-order valence-electron chi connectivity index (χ2n) is 5.56. The van der Waals surface area contributed by atoms with E-state index in [2.05, 4.69) is 15.6 Å². The molecule has 1 amide bonds. The average Bonchev–Trinajstić information content (AvgIpc) is 3.22. The minimum Gasteiger partial charge on any atom is -0.494 e. The summed E-state index contributed by atoms with van der Waals surface area (Å²) >= 11 is 0. The van der Waals surface area contributed by atoms with Crippen molar-refractivity contribution in [1.82, 2.24) is 15.2 Å². The molecule has 0 aliphatic rings. The molecule has 140 valence electrons. The molecule has 2 heterocycles. The number of aromatic nitrogens is 2. The summed E-state index contributed by atoms with van der Waals surface area (Å²) in [5.74, 6) is 0.134. The predicted octanol–water partition coefficient (Wildman–Crippen LogP) is 1.78. The van der Waals surface area contributed by atoms with Gasteiger partial charge in [-0.25, -0.2) is 5.43 Å². The van der Waals surface area contributed by atoms with Crippen molar-refractivity contribution in [3.63, 3.8) is 0 Å². The highest BCUT2D eigenvalue weighted by Crippen LogP contribution is 2.20. The van der Waals surface area contributed by atoms with Gasteiger partial charge in [0.15, 0.2) is 5.69 Å². The lowest BCUT2D eigenvalue weighted by Crippen LogP contribution is -2.31. The summed E-state index contributed by atoms with van der Waals surface area (Å²) in [7, 11) is 1.44. The Bertz CT molecular complexity index is 1140. The van der Waals surface area contributed by atoms with Crippen LogP contribution in [-0.4, -0.2) is 29.0 Å². The molecule has 0 aliphatic carbocycles. The third-order valence-electron chi connectivity index (χ3n) is 3.88. The SMILES string of the molecule is COc1ccccc1-n1nc(C(=O)N/N=C/c2ccco2)c(C)c(C#N)c1=O. The summed E-state index contributed by atoms with van der Waals surface area (Å²) in [6.07, 6.45) is 2.78. The van der Waals surface area contributed by atoms with Gasteiger partial charge in [-0.2, -0.15) is 20.1 Å². The molecule has 0 saturated heterocycles. The Labute approximate surface area is 159 Å². The maximum absolute atomic E-state index is 12.7. The molecule has 9 nitrogen and oxygen atoms in total. The molecular weight excluding hydrogens is 362 g/mol. The average molecular weight is 377 g/mol. The van der Waals surface area contributed by atoms with E-state index in [0.29, 0.717) is 17.2 Å². The fraction of sp³-hybridized carbons (Fsp3) is 0.105. The maximum Gasteiger partial charge on any atom is 0.292 e. The Morgan fingerprint density at radius 3 is 2.82 bits per heavy atom. The zero-order valence-electron chi connectivity index (χ0n) is 15.0. The Balaban J connectivity index is 2.05. The molecular formula is C19H15N5O4. The number of amides is 1. The summed E-state index contributed by atoms with van der Waals surface area (Å²) in [6.45, 7) is 1.48. The Morgan fingerprint density at radius 1 is 1.36 bits per heavy atom. The first-order valence-corrected chi connectivity index (χ1v) is 8.11. The van der Waals surface area contributed by atoms with E-state index < -0.39 is 11.5 Å². The molecule has 9 heteroatoms. The van der Waals surface area contributed by atoms with Gasteiger partial charge in [0.1, 0.15) is 28.8 Å². The van der Waals surface area contributed by atoms with Crippen molar-refractivity contribution in [1.29, 1.82) is 5.26 Å². The van der Waals surface area contributed by atoms with Gasteiger partial charge >= 0.3 is 0 Å². The van der Waals surface area contributed by atoms with Gasteiger partial charge in [0.2, 0.25) is 0 Å². The molecule has 1 aromatic carbocycles. The lowest BCUT2D eigenvalue weighted by molar-refractivity contribution is 0.0947. The van der Waals surface area contributed by atoms with E-state index in [4.69, 9.17) is 9.15 Å². The Morgan fingerprint density at radius 2 is 2.14 bits per heavy atom. The number of carbonyl (C=O) groups excluding carboxylic acids is 1. The molecule has 0 aliphatic heterocycles. The number of hydrogen-bond acceptors (Lipinski definition) is 7. The molecule has 28 heavy (non-hydrogen) atoms. The van der Waals surface area contributed by atoms with Crippen LogP contribution in [0.25, 0.3) is 5.69 Å². The smallest absolute Gasteiger partial charge is 0.292 e. The number of hydrazone groups is 1. The first-order chi connectivity index (χ1) is 13.6. The lowest BCUT2D eigenvalue weighted by atomic mass is 10.1. The Hall–Kier alpha value is -4.19. The van der Waals surface area contributed by atoms with Crippen molar-refractivity contribution in [2.75, 3.05) is 7.11 Å². The van der Waals surface area contributed by atoms with E-state index in [-0.39, 0.29) is 16.8 Å². The monoisotopic (exact) mass is 377 g/mol. The number of nitrogens with one attached hydrogen (secondary N) is 1. The summed E-state index contributed by atoms with van der Waals surface area (Å²) < 4.78 is 11.3. The van der Waals surface area contributed by atoms with Crippen molar-refractivity contribution in [2.24, 2.45) is 5.10 Å². The fourth-order valence-electron chi connectivity index (χ4n) is 2.49. The quantitative estimate of drug-likeness (QED) is 0.534. The van der Waals surface area contributed by atoms with Crippen molar-refractivity contribution in [2.45, 2.75) is 6.92 Å². The summed E-state index contributed by atoms with van der Waals surface area (Å²) in [5.41, 5.74) is 1.81. The molecule has 3 aromatic rings. The van der Waals surface area contributed by atoms with Gasteiger partial charge < -0.3 is 9.15 Å². The van der Waals surface area contributed by atoms with Gasteiger partial charge in [-0.05, 0) is 31.2 Å². The van der Waals surface area contributed by atoms with E-state index in [9.17, 15) is 14.9 Å². The predicted molar refractivity (Wildman–Crippen MR) is 99.6 cm³/mol. The highest BCUT2D eigenvalue weighted by molar-refractivity contribution is 5.94. The van der Waals surface area contributed by atoms with Crippen LogP contribution in [0.4, 0.5) is 0 Å². The molecule has 1 N–H and O–H groups in total. The largest absolute Gasteiger partial charge is 0.494 e. The van der Waals surface area contributed by atoms with Crippen LogP contribution in [0.3, 0.4) is 0 Å². The van der Waals surface area contributed by atoms with E-state index in [1.807, 2.05) is 6.07 Å². The summed E-state index contributed by atoms with van der Waals surface area (Å²) in [5, 5.41) is 17.3. The topological polar surface area (TPSA) is 123 Å². The number of furan rings is 1. The van der Waals surface area contributed by atoms with Gasteiger partial charge in [0.25, 0.3) is 11.5 Å². The molecule has 0 fully saturated rings. The molecule has 0 unspecified atom stereocenters. The maximum atomic E-state index is 12.7. The molecule has 0 spiro atoms. The number of benzene rings is 1. The van der Waals surface area contributed by atoms with Crippen LogP contribution in [0.1, 0.15) is 27.4 Å². The van der Waals surface area contributed by atoms with E-state index in [0.717, 1.165) is 4.68 Å². The van der Waals surface area contributed by atoms with Crippen molar-refractivity contribution in [3.05, 3.63) is 75.6 Å². The number of carbonyl (C=O) groups is 1. The lowest BCUT2D eigenvalue weighted by Gasteiger charge is -2.13. The standard InChI is InChI=1S/C19H15N5O4/c1-12-14(10-20)19(26)24(15-7-3-4-8-16(15)27-2)23-17(12)18(25)22-21-11-13-6-5-9-28-13/h3-9,11H,1-2H3,(H,22,25)/b21-11+. The van der Waals surface area contributed by atoms with Crippen LogP contribution in [0, 0.1) is 18.3 Å². The third-order valence-corrected chi connectivity index (χ3v) is 3.88. The molecule has 3 rings (SSSR count). The second-order valence-corrected chi connectivity index (χ2v) is 5.56. The molecule has 0 atom stereocenters. The van der Waals surface area contributed by atoms with E-state index in [1.165, 1.54) is 26.5 Å². The van der Waals surface area contributed by atoms with Crippen molar-refractivity contribution >= 4 is 12.1 Å². The van der Waals surface area contributed by atoms with Crippen LogP contribution >= 0.6 is 0 Å².